The first kappa shape index (κ1) is 21.4. The maximum atomic E-state index is 13.0. The van der Waals surface area contributed by atoms with Crippen molar-refractivity contribution in [3.8, 4) is 0 Å². The number of hydrogen-bond donors (Lipinski definition) is 0. The van der Waals surface area contributed by atoms with Crippen molar-refractivity contribution >= 4 is 33.2 Å². The minimum absolute atomic E-state index is 0.0576. The Morgan fingerprint density at radius 3 is 2.18 bits per heavy atom. The molecule has 154 valence electrons. The van der Waals surface area contributed by atoms with Crippen molar-refractivity contribution in [2.45, 2.75) is 31.8 Å². The number of aryl methyl sites for hydroxylation is 1. The number of nitrogens with zero attached hydrogens (tertiary/aromatic N) is 4. The molecule has 0 saturated carbocycles. The molecule has 0 spiro atoms. The van der Waals surface area contributed by atoms with Gasteiger partial charge in [0.2, 0.25) is 10.0 Å². The molecule has 28 heavy (non-hydrogen) atoms. The quantitative estimate of drug-likeness (QED) is 0.693. The molecule has 0 bridgehead atoms. The van der Waals surface area contributed by atoms with E-state index in [0.29, 0.717) is 34.4 Å². The molecule has 2 aromatic rings. The Balaban J connectivity index is 1.74. The average molecular weight is 453 g/mol. The molecule has 1 aromatic heterocycles. The van der Waals surface area contributed by atoms with Gasteiger partial charge in [0.15, 0.2) is 0 Å². The maximum Gasteiger partial charge on any atom is 0.333 e. The summed E-state index contributed by atoms with van der Waals surface area (Å²) in [6, 6.07) is 5.29. The van der Waals surface area contributed by atoms with Gasteiger partial charge in [-0.3, -0.25) is 4.90 Å². The molecule has 0 amide bonds. The standard InChI is InChI=1S/C17H20Cl2F2N4O2S/c1-11-16(12(2)25(22-11)17(20)21)28(26,27)24-8-6-23(7-9-24)10-13-14(18)4-3-5-15(13)19/h3-5,17H,6-10H2,1-2H3. The Morgan fingerprint density at radius 1 is 1.11 bits per heavy atom. The summed E-state index contributed by atoms with van der Waals surface area (Å²) in [5.74, 6) is 0. The van der Waals surface area contributed by atoms with E-state index in [1.807, 2.05) is 0 Å². The van der Waals surface area contributed by atoms with Gasteiger partial charge in [0.1, 0.15) is 4.90 Å². The molecular weight excluding hydrogens is 433 g/mol. The SMILES string of the molecule is Cc1nn(C(F)F)c(C)c1S(=O)(=O)N1CCN(Cc2c(Cl)cccc2Cl)CC1. The Hall–Kier alpha value is -1.26. The molecular formula is C17H20Cl2F2N4O2S. The fraction of sp³-hybridized carbons (Fsp3) is 0.471. The minimum Gasteiger partial charge on any atom is -0.296 e. The third kappa shape index (κ3) is 4.04. The first-order valence-corrected chi connectivity index (χ1v) is 10.8. The van der Waals surface area contributed by atoms with Crippen molar-refractivity contribution in [2.75, 3.05) is 26.2 Å². The summed E-state index contributed by atoms with van der Waals surface area (Å²) in [5.41, 5.74) is 0.813. The highest BCUT2D eigenvalue weighted by Gasteiger charge is 2.34. The number of hydrogen-bond acceptors (Lipinski definition) is 4. The maximum absolute atomic E-state index is 13.0. The zero-order valence-electron chi connectivity index (χ0n) is 15.4. The Morgan fingerprint density at radius 2 is 1.68 bits per heavy atom. The molecule has 0 aliphatic carbocycles. The van der Waals surface area contributed by atoms with Crippen LogP contribution in [0.4, 0.5) is 8.78 Å². The minimum atomic E-state index is -3.91. The fourth-order valence-electron chi connectivity index (χ4n) is 3.38. The highest BCUT2D eigenvalue weighted by Crippen LogP contribution is 2.29. The van der Waals surface area contributed by atoms with Crippen LogP contribution in [0, 0.1) is 13.8 Å². The summed E-state index contributed by atoms with van der Waals surface area (Å²) < 4.78 is 53.8. The lowest BCUT2D eigenvalue weighted by molar-refractivity contribution is 0.0538. The van der Waals surface area contributed by atoms with Crippen LogP contribution in [0.25, 0.3) is 0 Å². The summed E-state index contributed by atoms with van der Waals surface area (Å²) >= 11 is 12.4. The van der Waals surface area contributed by atoms with E-state index in [1.165, 1.54) is 18.2 Å². The monoisotopic (exact) mass is 452 g/mol. The third-order valence-corrected chi connectivity index (χ3v) is 7.68. The van der Waals surface area contributed by atoms with Gasteiger partial charge in [-0.15, -0.1) is 0 Å². The van der Waals surface area contributed by atoms with E-state index in [4.69, 9.17) is 23.2 Å². The number of piperazine rings is 1. The lowest BCUT2D eigenvalue weighted by atomic mass is 10.2. The largest absolute Gasteiger partial charge is 0.333 e. The number of rotatable bonds is 5. The number of halogens is 4. The molecule has 11 heteroatoms. The highest BCUT2D eigenvalue weighted by molar-refractivity contribution is 7.89. The van der Waals surface area contributed by atoms with Gasteiger partial charge in [-0.1, -0.05) is 29.3 Å². The van der Waals surface area contributed by atoms with E-state index >= 15 is 0 Å². The molecule has 6 nitrogen and oxygen atoms in total. The number of benzene rings is 1. The average Bonchev–Trinajstić information content (AvgIpc) is 2.94. The van der Waals surface area contributed by atoms with Gasteiger partial charge in [-0.05, 0) is 26.0 Å². The summed E-state index contributed by atoms with van der Waals surface area (Å²) in [6.07, 6.45) is 0. The smallest absolute Gasteiger partial charge is 0.296 e. The molecule has 0 atom stereocenters. The summed E-state index contributed by atoms with van der Waals surface area (Å²) in [6.45, 7) is 1.81. The van der Waals surface area contributed by atoms with Crippen molar-refractivity contribution in [2.24, 2.45) is 0 Å². The number of aromatic nitrogens is 2. The molecule has 1 aliphatic heterocycles. The van der Waals surface area contributed by atoms with Gasteiger partial charge in [-0.2, -0.15) is 18.2 Å². The van der Waals surface area contributed by atoms with Crippen LogP contribution in [0.5, 0.6) is 0 Å². The van der Waals surface area contributed by atoms with E-state index < -0.39 is 16.6 Å². The van der Waals surface area contributed by atoms with Gasteiger partial charge < -0.3 is 0 Å². The zero-order chi connectivity index (χ0) is 20.6. The van der Waals surface area contributed by atoms with E-state index in [1.54, 1.807) is 18.2 Å². The molecule has 2 heterocycles. The van der Waals surface area contributed by atoms with Crippen LogP contribution in [-0.2, 0) is 16.6 Å². The van der Waals surface area contributed by atoms with Crippen LogP contribution in [0.3, 0.4) is 0 Å². The van der Waals surface area contributed by atoms with Crippen molar-refractivity contribution < 1.29 is 17.2 Å². The summed E-state index contributed by atoms with van der Waals surface area (Å²) in [7, 11) is -3.91. The first-order chi connectivity index (χ1) is 13.1. The van der Waals surface area contributed by atoms with Gasteiger partial charge in [0, 0.05) is 48.3 Å². The summed E-state index contributed by atoms with van der Waals surface area (Å²) in [4.78, 5) is 1.91. The molecule has 3 rings (SSSR count). The predicted octanol–water partition coefficient (Wildman–Crippen LogP) is 3.71. The van der Waals surface area contributed by atoms with Gasteiger partial charge in [0.05, 0.1) is 11.4 Å². The second kappa shape index (κ2) is 8.23. The van der Waals surface area contributed by atoms with Crippen LogP contribution < -0.4 is 0 Å². The van der Waals surface area contributed by atoms with Crippen LogP contribution >= 0.6 is 23.2 Å². The fourth-order valence-corrected chi connectivity index (χ4v) is 5.68. The molecule has 1 aromatic carbocycles. The van der Waals surface area contributed by atoms with Crippen molar-refractivity contribution in [1.82, 2.24) is 19.0 Å². The lowest BCUT2D eigenvalue weighted by Crippen LogP contribution is -2.48. The molecule has 0 radical (unpaired) electrons. The van der Waals surface area contributed by atoms with Gasteiger partial charge >= 0.3 is 6.55 Å². The Bertz CT molecular complexity index is 954. The molecule has 0 N–H and O–H groups in total. The van der Waals surface area contributed by atoms with Crippen LogP contribution in [0.15, 0.2) is 23.1 Å². The first-order valence-electron chi connectivity index (χ1n) is 8.62. The van der Waals surface area contributed by atoms with Crippen molar-refractivity contribution in [3.05, 3.63) is 45.2 Å². The molecule has 0 unspecified atom stereocenters. The highest BCUT2D eigenvalue weighted by atomic mass is 35.5. The predicted molar refractivity (Wildman–Crippen MR) is 103 cm³/mol. The van der Waals surface area contributed by atoms with E-state index in [0.717, 1.165) is 5.56 Å². The lowest BCUT2D eigenvalue weighted by Gasteiger charge is -2.34. The summed E-state index contributed by atoms with van der Waals surface area (Å²) in [5, 5.41) is 4.81. The van der Waals surface area contributed by atoms with Gasteiger partial charge in [0.25, 0.3) is 0 Å². The Labute approximate surface area is 172 Å². The third-order valence-electron chi connectivity index (χ3n) is 4.82. The normalized spacial score (nSPS) is 16.8. The number of sulfonamides is 1. The second-order valence-electron chi connectivity index (χ2n) is 6.60. The van der Waals surface area contributed by atoms with Crippen LogP contribution in [-0.4, -0.2) is 53.6 Å². The van der Waals surface area contributed by atoms with Gasteiger partial charge in [-0.25, -0.2) is 13.1 Å². The molecule has 1 aliphatic rings. The topological polar surface area (TPSA) is 58.4 Å². The van der Waals surface area contributed by atoms with Crippen molar-refractivity contribution in [1.29, 1.82) is 0 Å². The van der Waals surface area contributed by atoms with E-state index in [2.05, 4.69) is 10.00 Å². The van der Waals surface area contributed by atoms with E-state index in [9.17, 15) is 17.2 Å². The van der Waals surface area contributed by atoms with Crippen molar-refractivity contribution in [3.63, 3.8) is 0 Å². The zero-order valence-corrected chi connectivity index (χ0v) is 17.7. The Kier molecular flexibility index (Phi) is 6.31. The molecule has 1 saturated heterocycles. The van der Waals surface area contributed by atoms with Crippen LogP contribution in [0.2, 0.25) is 10.0 Å². The molecule has 1 fully saturated rings. The number of alkyl halides is 2. The second-order valence-corrected chi connectivity index (χ2v) is 9.29. The van der Waals surface area contributed by atoms with E-state index in [-0.39, 0.29) is 29.4 Å². The van der Waals surface area contributed by atoms with Crippen LogP contribution in [0.1, 0.15) is 23.5 Å².